The number of nitrogens with zero attached hydrogens (tertiary/aromatic N) is 1. The summed E-state index contributed by atoms with van der Waals surface area (Å²) >= 11 is 0. The van der Waals surface area contributed by atoms with Crippen molar-refractivity contribution in [3.05, 3.63) is 0 Å². The van der Waals surface area contributed by atoms with Crippen LogP contribution in [0.1, 0.15) is 20.8 Å². The van der Waals surface area contributed by atoms with Crippen molar-refractivity contribution in [2.45, 2.75) is 49.4 Å². The summed E-state index contributed by atoms with van der Waals surface area (Å²) < 4.78 is 48.8. The molecule has 2 heterocycles. The third-order valence-electron chi connectivity index (χ3n) is 5.27. The average molecular weight is 467 g/mol. The lowest BCUT2D eigenvalue weighted by Crippen LogP contribution is -2.57. The molecule has 13 heteroatoms. The number of primary sulfonamides is 2. The number of likely N-dealkylation sites (tertiary alicyclic amines) is 1. The Morgan fingerprint density at radius 1 is 1.04 bits per heavy atom. The SMILES string of the molecule is CC(C)(C)[Si](C)(C)OCCN1CC(S(N)(=O)=O)C1.Cl.NS(=O)(=O)C1CNC1. The second-order valence-corrected chi connectivity index (χ2v) is 16.9. The van der Waals surface area contributed by atoms with E-state index < -0.39 is 28.4 Å². The third kappa shape index (κ3) is 8.62. The zero-order chi connectivity index (χ0) is 20.4. The summed E-state index contributed by atoms with van der Waals surface area (Å²) in [4.78, 5) is 2.07. The lowest BCUT2D eigenvalue weighted by molar-refractivity contribution is 0.144. The molecule has 2 aliphatic heterocycles. The number of hydrogen-bond acceptors (Lipinski definition) is 7. The molecule has 0 aromatic carbocycles. The molecule has 0 aromatic heterocycles. The molecule has 0 aliphatic carbocycles. The van der Waals surface area contributed by atoms with Gasteiger partial charge in [0.25, 0.3) is 0 Å². The lowest BCUT2D eigenvalue weighted by Gasteiger charge is -2.40. The van der Waals surface area contributed by atoms with Crippen LogP contribution in [0.2, 0.25) is 18.1 Å². The van der Waals surface area contributed by atoms with Crippen LogP contribution >= 0.6 is 12.4 Å². The Morgan fingerprint density at radius 2 is 1.48 bits per heavy atom. The van der Waals surface area contributed by atoms with Crippen LogP contribution < -0.4 is 15.6 Å². The molecule has 2 saturated heterocycles. The molecule has 0 spiro atoms. The zero-order valence-electron chi connectivity index (χ0n) is 16.8. The van der Waals surface area contributed by atoms with Crippen LogP contribution in [0.3, 0.4) is 0 Å². The van der Waals surface area contributed by atoms with Crippen molar-refractivity contribution in [3.8, 4) is 0 Å². The summed E-state index contributed by atoms with van der Waals surface area (Å²) in [6, 6.07) is 0. The van der Waals surface area contributed by atoms with Crippen molar-refractivity contribution in [1.82, 2.24) is 10.2 Å². The Hall–Kier alpha value is 0.207. The monoisotopic (exact) mass is 466 g/mol. The minimum Gasteiger partial charge on any atom is -0.416 e. The van der Waals surface area contributed by atoms with Crippen LogP contribution in [-0.2, 0) is 24.5 Å². The van der Waals surface area contributed by atoms with Gasteiger partial charge in [0.1, 0.15) is 5.25 Å². The van der Waals surface area contributed by atoms with Crippen LogP contribution in [0, 0.1) is 0 Å². The summed E-state index contributed by atoms with van der Waals surface area (Å²) in [5, 5.41) is 12.2. The van der Waals surface area contributed by atoms with Gasteiger partial charge < -0.3 is 9.74 Å². The fraction of sp³-hybridized carbons (Fsp3) is 1.00. The Kier molecular flexibility index (Phi) is 9.88. The Bertz CT molecular complexity index is 672. The molecule has 0 radical (unpaired) electrons. The van der Waals surface area contributed by atoms with Gasteiger partial charge in [-0.25, -0.2) is 27.1 Å². The van der Waals surface area contributed by atoms with Crippen LogP contribution in [0.5, 0.6) is 0 Å². The van der Waals surface area contributed by atoms with Crippen molar-refractivity contribution in [3.63, 3.8) is 0 Å². The predicted octanol–water partition coefficient (Wildman–Crippen LogP) is -0.351. The number of nitrogens with two attached hydrogens (primary N) is 2. The van der Waals surface area contributed by atoms with E-state index in [1.807, 2.05) is 0 Å². The molecule has 0 bridgehead atoms. The number of nitrogens with one attached hydrogen (secondary N) is 1. The summed E-state index contributed by atoms with van der Waals surface area (Å²) in [6.45, 7) is 14.6. The fourth-order valence-electron chi connectivity index (χ4n) is 2.05. The quantitative estimate of drug-likeness (QED) is 0.453. The number of hydrogen-bond donors (Lipinski definition) is 3. The topological polar surface area (TPSA) is 145 Å². The summed E-state index contributed by atoms with van der Waals surface area (Å²) in [7, 11) is -8.26. The first-order valence-electron chi connectivity index (χ1n) is 8.64. The highest BCUT2D eigenvalue weighted by molar-refractivity contribution is 7.90. The molecule has 27 heavy (non-hydrogen) atoms. The third-order valence-corrected chi connectivity index (χ3v) is 12.3. The van der Waals surface area contributed by atoms with E-state index in [1.54, 1.807) is 0 Å². The summed E-state index contributed by atoms with van der Waals surface area (Å²) in [5.41, 5.74) is 0. The number of rotatable bonds is 6. The largest absolute Gasteiger partial charge is 0.416 e. The Morgan fingerprint density at radius 3 is 1.74 bits per heavy atom. The molecule has 0 aromatic rings. The van der Waals surface area contributed by atoms with Crippen molar-refractivity contribution >= 4 is 40.8 Å². The van der Waals surface area contributed by atoms with Gasteiger partial charge in [0.15, 0.2) is 8.32 Å². The highest BCUT2D eigenvalue weighted by atomic mass is 35.5. The maximum atomic E-state index is 11.1. The maximum absolute atomic E-state index is 11.1. The molecule has 0 unspecified atom stereocenters. The van der Waals surface area contributed by atoms with Crippen molar-refractivity contribution < 1.29 is 21.3 Å². The Balaban J connectivity index is 0.000000629. The van der Waals surface area contributed by atoms with E-state index in [-0.39, 0.29) is 27.9 Å². The minimum absolute atomic E-state index is 0. The fourth-order valence-corrected chi connectivity index (χ4v) is 4.63. The lowest BCUT2D eigenvalue weighted by atomic mass is 10.2. The van der Waals surface area contributed by atoms with Gasteiger partial charge in [0.05, 0.1) is 5.25 Å². The smallest absolute Gasteiger partial charge is 0.214 e. The highest BCUT2D eigenvalue weighted by Crippen LogP contribution is 2.36. The maximum Gasteiger partial charge on any atom is 0.214 e. The van der Waals surface area contributed by atoms with Gasteiger partial charge >= 0.3 is 0 Å². The van der Waals surface area contributed by atoms with Gasteiger partial charge in [-0.05, 0) is 18.1 Å². The van der Waals surface area contributed by atoms with Gasteiger partial charge in [-0.2, -0.15) is 0 Å². The van der Waals surface area contributed by atoms with Crippen LogP contribution in [-0.4, -0.2) is 79.9 Å². The van der Waals surface area contributed by atoms with E-state index in [1.165, 1.54) is 0 Å². The van der Waals surface area contributed by atoms with Crippen molar-refractivity contribution in [2.75, 3.05) is 39.3 Å². The molecular weight excluding hydrogens is 432 g/mol. The second-order valence-electron chi connectivity index (χ2n) is 8.45. The molecule has 2 aliphatic rings. The van der Waals surface area contributed by atoms with Gasteiger partial charge in [0.2, 0.25) is 20.0 Å². The molecule has 5 N–H and O–H groups in total. The molecule has 0 saturated carbocycles. The average Bonchev–Trinajstić information content (AvgIpc) is 2.24. The molecule has 9 nitrogen and oxygen atoms in total. The zero-order valence-corrected chi connectivity index (χ0v) is 20.2. The van der Waals surface area contributed by atoms with Crippen LogP contribution in [0.25, 0.3) is 0 Å². The molecule has 2 fully saturated rings. The second kappa shape index (κ2) is 9.81. The van der Waals surface area contributed by atoms with E-state index in [0.29, 0.717) is 32.8 Å². The number of halogens is 1. The van der Waals surface area contributed by atoms with Gasteiger partial charge in [0, 0.05) is 39.3 Å². The molecule has 164 valence electrons. The molecular formula is C14H35ClN4O5S2Si. The highest BCUT2D eigenvalue weighted by Gasteiger charge is 2.38. The van der Waals surface area contributed by atoms with Crippen molar-refractivity contribution in [1.29, 1.82) is 0 Å². The minimum atomic E-state index is -3.35. The van der Waals surface area contributed by atoms with E-state index in [0.717, 1.165) is 6.54 Å². The summed E-state index contributed by atoms with van der Waals surface area (Å²) in [6.07, 6.45) is 0. The van der Waals surface area contributed by atoms with E-state index in [2.05, 4.69) is 44.1 Å². The van der Waals surface area contributed by atoms with Crippen LogP contribution in [0.4, 0.5) is 0 Å². The van der Waals surface area contributed by atoms with Gasteiger partial charge in [-0.3, -0.25) is 4.90 Å². The van der Waals surface area contributed by atoms with E-state index >= 15 is 0 Å². The summed E-state index contributed by atoms with van der Waals surface area (Å²) in [5.74, 6) is 0. The standard InChI is InChI=1S/C11H26N2O3SSi.C3H8N2O2S.ClH/c1-11(2,3)18(4,5)16-7-6-13-8-10(9-13)17(12,14)15;4-8(6,7)3-1-5-2-3;/h10H,6-9H2,1-5H3,(H2,12,14,15);3,5H,1-2H2,(H2,4,6,7);1H. The molecule has 2 rings (SSSR count). The van der Waals surface area contributed by atoms with E-state index in [4.69, 9.17) is 14.7 Å². The van der Waals surface area contributed by atoms with Crippen LogP contribution in [0.15, 0.2) is 0 Å². The first-order chi connectivity index (χ1) is 11.5. The van der Waals surface area contributed by atoms with Crippen molar-refractivity contribution in [2.24, 2.45) is 10.3 Å². The van der Waals surface area contributed by atoms with Gasteiger partial charge in [-0.1, -0.05) is 20.8 Å². The first-order valence-corrected chi connectivity index (χ1v) is 14.8. The normalized spacial score (nSPS) is 20.0. The predicted molar refractivity (Wildman–Crippen MR) is 113 cm³/mol. The van der Waals surface area contributed by atoms with Gasteiger partial charge in [-0.15, -0.1) is 12.4 Å². The first kappa shape index (κ1) is 27.2. The Labute approximate surface area is 171 Å². The van der Waals surface area contributed by atoms with E-state index in [9.17, 15) is 16.8 Å². The molecule has 0 amide bonds. The number of sulfonamides is 2. The molecule has 0 atom stereocenters.